The number of thiazole rings is 1. The van der Waals surface area contributed by atoms with Gasteiger partial charge in [0.05, 0.1) is 17.1 Å². The first-order valence-corrected chi connectivity index (χ1v) is 18.6. The second-order valence-corrected chi connectivity index (χ2v) is 15.2. The lowest BCUT2D eigenvalue weighted by molar-refractivity contribution is -0.149. The zero-order chi connectivity index (χ0) is 37.8. The second-order valence-electron chi connectivity index (χ2n) is 14.3. The van der Waals surface area contributed by atoms with Crippen molar-refractivity contribution in [3.8, 4) is 0 Å². The third-order valence-electron chi connectivity index (χ3n) is 9.26. The molecule has 5 atom stereocenters. The molecule has 280 valence electrons. The number of hydrogen-bond donors (Lipinski definition) is 4. The van der Waals surface area contributed by atoms with Crippen LogP contribution >= 0.6 is 11.3 Å². The van der Waals surface area contributed by atoms with Gasteiger partial charge in [-0.15, -0.1) is 11.3 Å². The molecule has 13 heteroatoms. The van der Waals surface area contributed by atoms with Crippen LogP contribution < -0.4 is 16.8 Å². The average molecular weight is 720 g/mol. The zero-order valence-electron chi connectivity index (χ0n) is 31.0. The predicted octanol–water partition coefficient (Wildman–Crippen LogP) is 6.51. The number of carboxylic acid groups (broad SMARTS) is 1. The number of hydrogen-bond acceptors (Lipinski definition) is 9. The first kappa shape index (κ1) is 42.6. The van der Waals surface area contributed by atoms with Gasteiger partial charge in [0.2, 0.25) is 5.91 Å². The van der Waals surface area contributed by atoms with E-state index in [1.54, 1.807) is 25.3 Å². The Hall–Kier alpha value is -3.58. The van der Waals surface area contributed by atoms with Crippen LogP contribution in [0.25, 0.3) is 0 Å². The van der Waals surface area contributed by atoms with Gasteiger partial charge in [-0.25, -0.2) is 9.37 Å². The van der Waals surface area contributed by atoms with Crippen LogP contribution in [-0.4, -0.2) is 63.4 Å². The summed E-state index contributed by atoms with van der Waals surface area (Å²) in [5.41, 5.74) is 11.5. The Kier molecular flexibility index (Phi) is 16.8. The molecule has 1 aromatic carbocycles. The molecule has 0 fully saturated rings. The highest BCUT2D eigenvalue weighted by molar-refractivity contribution is 7.09. The Morgan fingerprint density at radius 2 is 1.80 bits per heavy atom. The number of nitrogens with two attached hydrogens (primary N) is 2. The zero-order valence-corrected chi connectivity index (χ0v) is 31.8. The number of rotatable bonds is 21. The van der Waals surface area contributed by atoms with E-state index in [4.69, 9.17) is 16.2 Å². The van der Waals surface area contributed by atoms with Gasteiger partial charge in [0.1, 0.15) is 16.5 Å². The molecular weight excluding hydrogens is 662 g/mol. The van der Waals surface area contributed by atoms with Gasteiger partial charge >= 0.3 is 11.9 Å². The monoisotopic (exact) mass is 719 g/mol. The number of halogens is 1. The summed E-state index contributed by atoms with van der Waals surface area (Å²) in [7, 11) is 0. The molecule has 11 nitrogen and oxygen atoms in total. The van der Waals surface area contributed by atoms with Crippen LogP contribution in [0, 0.1) is 23.1 Å². The molecule has 0 bridgehead atoms. The van der Waals surface area contributed by atoms with Gasteiger partial charge in [0, 0.05) is 37.4 Å². The number of aliphatic carboxylic acids is 1. The maximum Gasteiger partial charge on any atom is 0.309 e. The molecule has 1 heterocycles. The second kappa shape index (κ2) is 19.7. The largest absolute Gasteiger partial charge is 0.481 e. The summed E-state index contributed by atoms with van der Waals surface area (Å²) >= 11 is 1.16. The van der Waals surface area contributed by atoms with Crippen molar-refractivity contribution in [1.82, 2.24) is 15.2 Å². The molecule has 2 rings (SSSR count). The maximum absolute atomic E-state index is 14.2. The predicted molar refractivity (Wildman–Crippen MR) is 195 cm³/mol. The first-order chi connectivity index (χ1) is 23.4. The molecule has 0 saturated heterocycles. The molecular formula is C37H58FN5O6S. The fraction of sp³-hybridized carbons (Fsp3) is 0.649. The summed E-state index contributed by atoms with van der Waals surface area (Å²) in [4.78, 5) is 58.1. The third-order valence-corrected chi connectivity index (χ3v) is 10.2. The Morgan fingerprint density at radius 3 is 2.36 bits per heavy atom. The summed E-state index contributed by atoms with van der Waals surface area (Å²) in [5, 5.41) is 14.6. The number of esters is 1. The van der Waals surface area contributed by atoms with Crippen molar-refractivity contribution < 1.29 is 33.4 Å². The lowest BCUT2D eigenvalue weighted by Crippen LogP contribution is -2.53. The maximum atomic E-state index is 14.2. The minimum absolute atomic E-state index is 0.00781. The molecule has 0 spiro atoms. The van der Waals surface area contributed by atoms with Gasteiger partial charge in [0.15, 0.2) is 6.10 Å². The molecule has 0 aliphatic carbocycles. The number of amides is 2. The van der Waals surface area contributed by atoms with Crippen LogP contribution in [0.5, 0.6) is 0 Å². The van der Waals surface area contributed by atoms with Gasteiger partial charge < -0.3 is 31.5 Å². The van der Waals surface area contributed by atoms with E-state index in [9.17, 15) is 28.7 Å². The number of unbranched alkanes of at least 4 members (excludes halogenated alkanes) is 3. The van der Waals surface area contributed by atoms with Crippen LogP contribution in [0.3, 0.4) is 0 Å². The van der Waals surface area contributed by atoms with Gasteiger partial charge in [-0.1, -0.05) is 66.4 Å². The highest BCUT2D eigenvalue weighted by Crippen LogP contribution is 2.32. The normalized spacial score (nSPS) is 14.8. The minimum Gasteiger partial charge on any atom is -0.481 e. The van der Waals surface area contributed by atoms with Gasteiger partial charge in [-0.3, -0.25) is 19.2 Å². The molecule has 0 aliphatic heterocycles. The Bertz CT molecular complexity index is 1430. The number of carbonyl (C=O) groups excluding carboxylic acids is 3. The molecule has 0 aliphatic rings. The fourth-order valence-electron chi connectivity index (χ4n) is 5.87. The molecule has 1 aromatic heterocycles. The van der Waals surface area contributed by atoms with E-state index in [-0.39, 0.29) is 54.4 Å². The summed E-state index contributed by atoms with van der Waals surface area (Å²) in [5.74, 6) is -2.87. The molecule has 2 aromatic rings. The van der Waals surface area contributed by atoms with Crippen molar-refractivity contribution in [3.63, 3.8) is 0 Å². The van der Waals surface area contributed by atoms with Crippen molar-refractivity contribution in [2.24, 2.45) is 23.0 Å². The van der Waals surface area contributed by atoms with Gasteiger partial charge in [0.25, 0.3) is 5.91 Å². The number of carboxylic acids is 1. The Labute approximate surface area is 300 Å². The quantitative estimate of drug-likeness (QED) is 0.0636. The van der Waals surface area contributed by atoms with Crippen LogP contribution in [0.2, 0.25) is 0 Å². The van der Waals surface area contributed by atoms with Crippen molar-refractivity contribution in [1.29, 1.82) is 0 Å². The SMILES string of the molecule is CCCCCCN(C(=O)[C@@H](N)[C@@H](C)CC)[C@H](C[C@@H](OC(C)=O)c1nc(C(=O)N[C@H](Cc2ccc(N)c(F)c2)CC(C)(C)C(=O)O)cs1)C(C)C. The van der Waals surface area contributed by atoms with E-state index in [0.29, 0.717) is 17.1 Å². The van der Waals surface area contributed by atoms with E-state index >= 15 is 0 Å². The van der Waals surface area contributed by atoms with Crippen LogP contribution in [-0.2, 0) is 25.5 Å². The number of anilines is 1. The van der Waals surface area contributed by atoms with E-state index in [2.05, 4.69) is 17.2 Å². The van der Waals surface area contributed by atoms with Crippen molar-refractivity contribution in [3.05, 3.63) is 45.7 Å². The topological polar surface area (TPSA) is 178 Å². The summed E-state index contributed by atoms with van der Waals surface area (Å²) in [6, 6.07) is 2.65. The standard InChI is InChI=1S/C37H58FN5O6S/c1-9-11-12-13-16-43(35(46)32(40)23(5)10-2)30(22(3)4)19-31(49-24(6)44)34-42-29(21-50-34)33(45)41-26(20-37(7,8)36(47)48)17-25-14-15-28(39)27(38)18-25/h14-15,18,21-23,26,30-32H,9-13,16-17,19-20,39-40H2,1-8H3,(H,41,45)(H,47,48)/t23-,26+,30+,31+,32-/m0/s1. The summed E-state index contributed by atoms with van der Waals surface area (Å²) in [6.07, 6.45) is 4.30. The highest BCUT2D eigenvalue weighted by atomic mass is 32.1. The van der Waals surface area contributed by atoms with Crippen molar-refractivity contribution in [2.45, 2.75) is 131 Å². The van der Waals surface area contributed by atoms with Crippen molar-refractivity contribution >= 4 is 40.8 Å². The number of nitrogen functional groups attached to an aromatic ring is 1. The van der Waals surface area contributed by atoms with E-state index in [0.717, 1.165) is 43.4 Å². The number of nitrogens with zero attached hydrogens (tertiary/aromatic N) is 2. The summed E-state index contributed by atoms with van der Waals surface area (Å²) < 4.78 is 20.0. The summed E-state index contributed by atoms with van der Waals surface area (Å²) in [6.45, 7) is 15.1. The van der Waals surface area contributed by atoms with E-state index in [1.807, 2.05) is 32.6 Å². The lowest BCUT2D eigenvalue weighted by Gasteiger charge is -2.38. The van der Waals surface area contributed by atoms with Gasteiger partial charge in [-0.2, -0.15) is 0 Å². The number of ether oxygens (including phenoxy) is 1. The van der Waals surface area contributed by atoms with Crippen molar-refractivity contribution in [2.75, 3.05) is 12.3 Å². The van der Waals surface area contributed by atoms with Crippen LogP contribution in [0.4, 0.5) is 10.1 Å². The van der Waals surface area contributed by atoms with Crippen LogP contribution in [0.1, 0.15) is 127 Å². The first-order valence-electron chi connectivity index (χ1n) is 17.7. The molecule has 6 N–H and O–H groups in total. The number of nitrogens with one attached hydrogen (secondary N) is 1. The molecule has 0 saturated carbocycles. The molecule has 0 unspecified atom stereocenters. The lowest BCUT2D eigenvalue weighted by atomic mass is 9.84. The third kappa shape index (κ3) is 12.6. The van der Waals surface area contributed by atoms with E-state index in [1.165, 1.54) is 19.1 Å². The van der Waals surface area contributed by atoms with E-state index < -0.39 is 47.3 Å². The fourth-order valence-corrected chi connectivity index (χ4v) is 6.71. The van der Waals surface area contributed by atoms with Gasteiger partial charge in [-0.05, 0) is 62.6 Å². The highest BCUT2D eigenvalue weighted by Gasteiger charge is 2.36. The molecule has 50 heavy (non-hydrogen) atoms. The van der Waals surface area contributed by atoms with Crippen LogP contribution in [0.15, 0.2) is 23.6 Å². The Morgan fingerprint density at radius 1 is 1.12 bits per heavy atom. The molecule has 2 amide bonds. The Balaban J connectivity index is 2.41. The minimum atomic E-state index is -1.19. The number of aromatic nitrogens is 1. The number of carbonyl (C=O) groups is 4. The number of benzene rings is 1. The molecule has 0 radical (unpaired) electrons. The average Bonchev–Trinajstić information content (AvgIpc) is 3.54. The smallest absolute Gasteiger partial charge is 0.309 e.